The molecule has 1 saturated carbocycles. The van der Waals surface area contributed by atoms with Crippen LogP contribution in [-0.4, -0.2) is 16.0 Å². The molecule has 1 fully saturated rings. The first-order valence-corrected chi connectivity index (χ1v) is 5.24. The molecule has 4 heteroatoms. The number of nitrogens with zero attached hydrogens (tertiary/aromatic N) is 1. The summed E-state index contributed by atoms with van der Waals surface area (Å²) in [5, 5.41) is 1.03. The van der Waals surface area contributed by atoms with E-state index >= 15 is 0 Å². The number of carbonyl (C=O) groups is 1. The Bertz CT molecular complexity index is 297. The van der Waals surface area contributed by atoms with Gasteiger partial charge in [0.2, 0.25) is 0 Å². The molecule has 2 unspecified atom stereocenters. The lowest BCUT2D eigenvalue weighted by Crippen LogP contribution is -2.11. The summed E-state index contributed by atoms with van der Waals surface area (Å²) in [6.07, 6.45) is 4.85. The molecule has 1 heterocycles. The standard InChI is InChI=1S/C9H11NO2S/c1-6-7(11)2-3-8(6)13-9-10-4-5-12-9/h4-6,8H,2-3H2,1H3. The van der Waals surface area contributed by atoms with Gasteiger partial charge in [-0.25, -0.2) is 4.98 Å². The highest BCUT2D eigenvalue weighted by Gasteiger charge is 2.32. The number of hydrogen-bond donors (Lipinski definition) is 0. The van der Waals surface area contributed by atoms with E-state index in [1.54, 1.807) is 24.2 Å². The predicted octanol–water partition coefficient (Wildman–Crippen LogP) is 2.13. The fraction of sp³-hybridized carbons (Fsp3) is 0.556. The smallest absolute Gasteiger partial charge is 0.255 e. The van der Waals surface area contributed by atoms with E-state index in [9.17, 15) is 4.79 Å². The molecule has 2 atom stereocenters. The van der Waals surface area contributed by atoms with Crippen molar-refractivity contribution < 1.29 is 9.21 Å². The zero-order chi connectivity index (χ0) is 9.26. The van der Waals surface area contributed by atoms with Crippen LogP contribution in [-0.2, 0) is 4.79 Å². The molecule has 3 nitrogen and oxygen atoms in total. The highest BCUT2D eigenvalue weighted by Crippen LogP contribution is 2.35. The summed E-state index contributed by atoms with van der Waals surface area (Å²) in [6, 6.07) is 0. The minimum Gasteiger partial charge on any atom is -0.440 e. The van der Waals surface area contributed by atoms with Crippen LogP contribution >= 0.6 is 11.8 Å². The minimum atomic E-state index is 0.150. The molecule has 0 amide bonds. The molecule has 0 spiro atoms. The Morgan fingerprint density at radius 2 is 2.54 bits per heavy atom. The summed E-state index contributed by atoms with van der Waals surface area (Å²) in [7, 11) is 0. The lowest BCUT2D eigenvalue weighted by atomic mass is 10.1. The lowest BCUT2D eigenvalue weighted by molar-refractivity contribution is -0.120. The van der Waals surface area contributed by atoms with Crippen molar-refractivity contribution in [2.45, 2.75) is 30.2 Å². The monoisotopic (exact) mass is 197 g/mol. The summed E-state index contributed by atoms with van der Waals surface area (Å²) < 4.78 is 5.12. The van der Waals surface area contributed by atoms with Crippen LogP contribution in [0.2, 0.25) is 0 Å². The number of aromatic nitrogens is 1. The summed E-state index contributed by atoms with van der Waals surface area (Å²) in [6.45, 7) is 1.98. The van der Waals surface area contributed by atoms with E-state index in [-0.39, 0.29) is 5.92 Å². The topological polar surface area (TPSA) is 43.1 Å². The van der Waals surface area contributed by atoms with Crippen molar-refractivity contribution in [2.24, 2.45) is 5.92 Å². The second-order valence-electron chi connectivity index (χ2n) is 3.25. The molecule has 70 valence electrons. The fourth-order valence-electron chi connectivity index (χ4n) is 1.53. The van der Waals surface area contributed by atoms with Crippen molar-refractivity contribution in [3.63, 3.8) is 0 Å². The van der Waals surface area contributed by atoms with Gasteiger partial charge >= 0.3 is 0 Å². The van der Waals surface area contributed by atoms with E-state index in [4.69, 9.17) is 4.42 Å². The first-order valence-electron chi connectivity index (χ1n) is 4.36. The molecule has 0 N–H and O–H groups in total. The molecule has 1 aliphatic carbocycles. The van der Waals surface area contributed by atoms with E-state index in [1.165, 1.54) is 0 Å². The number of hydrogen-bond acceptors (Lipinski definition) is 4. The van der Waals surface area contributed by atoms with E-state index in [0.29, 0.717) is 22.7 Å². The lowest BCUT2D eigenvalue weighted by Gasteiger charge is -2.09. The van der Waals surface area contributed by atoms with E-state index < -0.39 is 0 Å². The molecular weight excluding hydrogens is 186 g/mol. The van der Waals surface area contributed by atoms with Crippen molar-refractivity contribution in [3.05, 3.63) is 12.5 Å². The number of carbonyl (C=O) groups excluding carboxylic acids is 1. The third-order valence-corrected chi connectivity index (χ3v) is 3.75. The molecule has 1 aromatic rings. The Hall–Kier alpha value is -0.770. The highest BCUT2D eigenvalue weighted by atomic mass is 32.2. The second kappa shape index (κ2) is 3.54. The van der Waals surface area contributed by atoms with Gasteiger partial charge in [-0.3, -0.25) is 4.79 Å². The molecule has 2 rings (SSSR count). The molecule has 0 aromatic carbocycles. The van der Waals surface area contributed by atoms with Gasteiger partial charge in [-0.05, 0) is 6.42 Å². The van der Waals surface area contributed by atoms with Gasteiger partial charge in [-0.2, -0.15) is 0 Å². The third-order valence-electron chi connectivity index (χ3n) is 2.40. The Balaban J connectivity index is 2.00. The predicted molar refractivity (Wildman–Crippen MR) is 49.6 cm³/mol. The van der Waals surface area contributed by atoms with Crippen LogP contribution in [0.25, 0.3) is 0 Å². The Morgan fingerprint density at radius 1 is 1.69 bits per heavy atom. The van der Waals surface area contributed by atoms with Gasteiger partial charge in [0.1, 0.15) is 12.0 Å². The van der Waals surface area contributed by atoms with Gasteiger partial charge in [0, 0.05) is 17.6 Å². The van der Waals surface area contributed by atoms with Crippen LogP contribution < -0.4 is 0 Å². The Kier molecular flexibility index (Phi) is 2.40. The van der Waals surface area contributed by atoms with E-state index in [0.717, 1.165) is 6.42 Å². The minimum absolute atomic E-state index is 0.150. The summed E-state index contributed by atoms with van der Waals surface area (Å²) >= 11 is 1.57. The quantitative estimate of drug-likeness (QED) is 0.728. The first-order chi connectivity index (χ1) is 6.27. The highest BCUT2D eigenvalue weighted by molar-refractivity contribution is 7.99. The maximum Gasteiger partial charge on any atom is 0.255 e. The molecule has 0 saturated heterocycles. The van der Waals surface area contributed by atoms with Crippen LogP contribution in [0.5, 0.6) is 0 Å². The molecule has 0 radical (unpaired) electrons. The second-order valence-corrected chi connectivity index (χ2v) is 4.44. The zero-order valence-corrected chi connectivity index (χ0v) is 8.21. The number of rotatable bonds is 2. The average molecular weight is 197 g/mol. The van der Waals surface area contributed by atoms with Gasteiger partial charge in [-0.1, -0.05) is 18.7 Å². The van der Waals surface area contributed by atoms with Crippen molar-refractivity contribution in [2.75, 3.05) is 0 Å². The maximum absolute atomic E-state index is 11.2. The van der Waals surface area contributed by atoms with Crippen LogP contribution in [0.3, 0.4) is 0 Å². The fourth-order valence-corrected chi connectivity index (χ4v) is 2.61. The molecule has 13 heavy (non-hydrogen) atoms. The van der Waals surface area contributed by atoms with Gasteiger partial charge < -0.3 is 4.42 Å². The largest absolute Gasteiger partial charge is 0.440 e. The first kappa shape index (κ1) is 8.81. The van der Waals surface area contributed by atoms with E-state index in [2.05, 4.69) is 4.98 Å². The summed E-state index contributed by atoms with van der Waals surface area (Å²) in [5.41, 5.74) is 0. The maximum atomic E-state index is 11.2. The van der Waals surface area contributed by atoms with Crippen LogP contribution in [0.4, 0.5) is 0 Å². The van der Waals surface area contributed by atoms with Crippen molar-refractivity contribution >= 4 is 17.5 Å². The Labute approximate surface area is 80.9 Å². The van der Waals surface area contributed by atoms with Gasteiger partial charge in [0.05, 0.1) is 6.20 Å². The van der Waals surface area contributed by atoms with Gasteiger partial charge in [0.15, 0.2) is 0 Å². The Morgan fingerprint density at radius 3 is 3.08 bits per heavy atom. The van der Waals surface area contributed by atoms with Gasteiger partial charge in [0.25, 0.3) is 5.22 Å². The molecule has 0 bridgehead atoms. The van der Waals surface area contributed by atoms with E-state index in [1.807, 2.05) is 6.92 Å². The number of oxazole rings is 1. The molecular formula is C9H11NO2S. The third kappa shape index (κ3) is 1.77. The van der Waals surface area contributed by atoms with Crippen molar-refractivity contribution in [1.29, 1.82) is 0 Å². The van der Waals surface area contributed by atoms with Crippen LogP contribution in [0, 0.1) is 5.92 Å². The SMILES string of the molecule is CC1C(=O)CCC1Sc1ncco1. The number of thioether (sulfide) groups is 1. The number of Topliss-reactive ketones (excluding diaryl/α,β-unsaturated/α-hetero) is 1. The average Bonchev–Trinajstić information content (AvgIpc) is 2.71. The zero-order valence-electron chi connectivity index (χ0n) is 7.40. The van der Waals surface area contributed by atoms with Crippen molar-refractivity contribution in [3.8, 4) is 0 Å². The van der Waals surface area contributed by atoms with Crippen LogP contribution in [0.1, 0.15) is 19.8 Å². The number of ketones is 1. The molecule has 0 aliphatic heterocycles. The summed E-state index contributed by atoms with van der Waals surface area (Å²) in [4.78, 5) is 15.3. The van der Waals surface area contributed by atoms with Crippen molar-refractivity contribution in [1.82, 2.24) is 4.98 Å². The normalized spacial score (nSPS) is 28.2. The summed E-state index contributed by atoms with van der Waals surface area (Å²) in [5.74, 6) is 0.515. The molecule has 1 aromatic heterocycles. The van der Waals surface area contributed by atoms with Gasteiger partial charge in [-0.15, -0.1) is 0 Å². The van der Waals surface area contributed by atoms with Crippen LogP contribution in [0.15, 0.2) is 22.1 Å². The molecule has 1 aliphatic rings.